The molecular weight excluding hydrogens is 366 g/mol. The van der Waals surface area contributed by atoms with Crippen molar-refractivity contribution in [3.8, 4) is 10.6 Å². The van der Waals surface area contributed by atoms with Crippen molar-refractivity contribution < 1.29 is 4.79 Å². The minimum atomic E-state index is -0.424. The normalized spacial score (nSPS) is 12.1. The Labute approximate surface area is 158 Å². The van der Waals surface area contributed by atoms with Gasteiger partial charge in [-0.2, -0.15) is 10.2 Å². The molecule has 3 aromatic heterocycles. The Hall–Kier alpha value is -3.07. The molecule has 0 saturated carbocycles. The van der Waals surface area contributed by atoms with E-state index in [0.29, 0.717) is 5.69 Å². The molecule has 3 aromatic rings. The average Bonchev–Trinajstić information content (AvgIpc) is 3.18. The average molecular weight is 385 g/mol. The van der Waals surface area contributed by atoms with E-state index in [4.69, 9.17) is 0 Å². The summed E-state index contributed by atoms with van der Waals surface area (Å²) < 4.78 is 1.36. The molecule has 0 unspecified atom stereocenters. The lowest BCUT2D eigenvalue weighted by molar-refractivity contribution is 0.0912. The highest BCUT2D eigenvalue weighted by molar-refractivity contribution is 7.13. The van der Waals surface area contributed by atoms with Crippen molar-refractivity contribution in [1.82, 2.24) is 25.3 Å². The van der Waals surface area contributed by atoms with Gasteiger partial charge in [-0.05, 0) is 29.5 Å². The maximum atomic E-state index is 12.4. The van der Waals surface area contributed by atoms with Crippen LogP contribution < -0.4 is 16.4 Å². The predicted octanol–water partition coefficient (Wildman–Crippen LogP) is 1.51. The van der Waals surface area contributed by atoms with Crippen LogP contribution in [0, 0.1) is 5.92 Å². The molecule has 0 saturated heterocycles. The van der Waals surface area contributed by atoms with Crippen molar-refractivity contribution in [1.29, 1.82) is 0 Å². The zero-order valence-electron chi connectivity index (χ0n) is 14.9. The van der Waals surface area contributed by atoms with E-state index in [9.17, 15) is 14.4 Å². The summed E-state index contributed by atoms with van der Waals surface area (Å²) in [5.74, 6) is -0.372. The third-order valence-electron chi connectivity index (χ3n) is 4.04. The van der Waals surface area contributed by atoms with E-state index in [1.165, 1.54) is 34.2 Å². The van der Waals surface area contributed by atoms with Gasteiger partial charge < -0.3 is 5.32 Å². The van der Waals surface area contributed by atoms with Crippen molar-refractivity contribution in [3.63, 3.8) is 0 Å². The Bertz CT molecular complexity index is 1020. The van der Waals surface area contributed by atoms with E-state index in [2.05, 4.69) is 20.6 Å². The lowest BCUT2D eigenvalue weighted by atomic mass is 10.0. The van der Waals surface area contributed by atoms with E-state index >= 15 is 0 Å². The van der Waals surface area contributed by atoms with Gasteiger partial charge in [0.1, 0.15) is 11.4 Å². The molecule has 8 nitrogen and oxygen atoms in total. The van der Waals surface area contributed by atoms with Crippen LogP contribution in [0.15, 0.2) is 51.4 Å². The summed E-state index contributed by atoms with van der Waals surface area (Å²) in [4.78, 5) is 36.7. The largest absolute Gasteiger partial charge is 0.346 e. The molecule has 140 valence electrons. The van der Waals surface area contributed by atoms with Crippen molar-refractivity contribution in [2.75, 3.05) is 0 Å². The van der Waals surface area contributed by atoms with Gasteiger partial charge >= 0.3 is 0 Å². The molecule has 0 aliphatic heterocycles. The monoisotopic (exact) mass is 385 g/mol. The first-order valence-electron chi connectivity index (χ1n) is 8.42. The van der Waals surface area contributed by atoms with Crippen molar-refractivity contribution in [2.24, 2.45) is 5.92 Å². The molecule has 0 bridgehead atoms. The zero-order chi connectivity index (χ0) is 19.4. The molecule has 2 N–H and O–H groups in total. The number of nitrogens with zero attached hydrogens (tertiary/aromatic N) is 3. The smallest absolute Gasteiger partial charge is 0.272 e. The number of amides is 1. The Morgan fingerprint density at radius 1 is 1.22 bits per heavy atom. The number of carbonyl (C=O) groups excluding carboxylic acids is 1. The molecule has 27 heavy (non-hydrogen) atoms. The number of aromatic nitrogens is 4. The quantitative estimate of drug-likeness (QED) is 0.668. The fourth-order valence-electron chi connectivity index (χ4n) is 2.46. The number of carbonyl (C=O) groups is 1. The van der Waals surface area contributed by atoms with E-state index in [1.54, 1.807) is 6.07 Å². The SMILES string of the molecule is CC(C)[C@H](Cn1nc(-c2cccs2)ccc1=O)NC(=O)c1ccc(=O)[nH]n1. The first-order valence-corrected chi connectivity index (χ1v) is 9.30. The Morgan fingerprint density at radius 2 is 2.04 bits per heavy atom. The van der Waals surface area contributed by atoms with Crippen LogP contribution in [-0.4, -0.2) is 31.9 Å². The number of nitrogens with one attached hydrogen (secondary N) is 2. The van der Waals surface area contributed by atoms with Crippen LogP contribution in [0.2, 0.25) is 0 Å². The number of H-pyrrole nitrogens is 1. The van der Waals surface area contributed by atoms with Crippen LogP contribution in [0.25, 0.3) is 10.6 Å². The third kappa shape index (κ3) is 4.56. The molecule has 0 radical (unpaired) electrons. The Kier molecular flexibility index (Phi) is 5.60. The summed E-state index contributed by atoms with van der Waals surface area (Å²) in [5.41, 5.74) is 0.194. The fraction of sp³-hybridized carbons (Fsp3) is 0.278. The highest BCUT2D eigenvalue weighted by Gasteiger charge is 2.20. The van der Waals surface area contributed by atoms with Crippen molar-refractivity contribution >= 4 is 17.2 Å². The standard InChI is InChI=1S/C18H19N5O3S/c1-11(2)14(19-18(26)13-5-7-16(24)21-20-13)10-23-17(25)8-6-12(22-23)15-4-3-9-27-15/h3-9,11,14H,10H2,1-2H3,(H,19,26)(H,21,24)/t14-/m0/s1. The number of thiophene rings is 1. The molecule has 0 spiro atoms. The topological polar surface area (TPSA) is 110 Å². The van der Waals surface area contributed by atoms with Gasteiger partial charge in [0.2, 0.25) is 0 Å². The maximum absolute atomic E-state index is 12.4. The molecule has 3 heterocycles. The molecular formula is C18H19N5O3S. The van der Waals surface area contributed by atoms with Gasteiger partial charge in [-0.15, -0.1) is 11.3 Å². The maximum Gasteiger partial charge on any atom is 0.272 e. The van der Waals surface area contributed by atoms with Gasteiger partial charge in [-0.25, -0.2) is 9.78 Å². The van der Waals surface area contributed by atoms with Gasteiger partial charge in [0.25, 0.3) is 17.0 Å². The van der Waals surface area contributed by atoms with Crippen LogP contribution in [0.1, 0.15) is 24.3 Å². The first kappa shape index (κ1) is 18.7. The minimum absolute atomic E-state index is 0.0517. The lowest BCUT2D eigenvalue weighted by Gasteiger charge is -2.22. The molecule has 3 rings (SSSR count). The number of hydrogen-bond acceptors (Lipinski definition) is 6. The predicted molar refractivity (Wildman–Crippen MR) is 103 cm³/mol. The summed E-state index contributed by atoms with van der Waals surface area (Å²) in [6.45, 7) is 4.11. The van der Waals surface area contributed by atoms with E-state index in [1.807, 2.05) is 31.4 Å². The molecule has 1 atom stereocenters. The molecule has 0 aliphatic rings. The molecule has 0 aromatic carbocycles. The summed E-state index contributed by atoms with van der Waals surface area (Å²) in [5, 5.41) is 15.2. The second-order valence-corrected chi connectivity index (χ2v) is 7.29. The number of hydrogen-bond donors (Lipinski definition) is 2. The van der Waals surface area contributed by atoms with E-state index in [0.717, 1.165) is 4.88 Å². The second-order valence-electron chi connectivity index (χ2n) is 6.35. The molecule has 0 fully saturated rings. The number of rotatable bonds is 6. The molecule has 1 amide bonds. The second kappa shape index (κ2) is 8.09. The Balaban J connectivity index is 1.81. The van der Waals surface area contributed by atoms with Crippen LogP contribution >= 0.6 is 11.3 Å². The lowest BCUT2D eigenvalue weighted by Crippen LogP contribution is -2.44. The van der Waals surface area contributed by atoms with Crippen LogP contribution in [0.4, 0.5) is 0 Å². The molecule has 0 aliphatic carbocycles. The summed E-state index contributed by atoms with van der Waals surface area (Å²) >= 11 is 1.54. The van der Waals surface area contributed by atoms with E-state index < -0.39 is 5.91 Å². The zero-order valence-corrected chi connectivity index (χ0v) is 15.7. The van der Waals surface area contributed by atoms with Gasteiger partial charge in [0.15, 0.2) is 0 Å². The number of aromatic amines is 1. The van der Waals surface area contributed by atoms with Gasteiger partial charge in [-0.3, -0.25) is 14.4 Å². The summed E-state index contributed by atoms with van der Waals surface area (Å²) in [6.07, 6.45) is 0. The highest BCUT2D eigenvalue weighted by Crippen LogP contribution is 2.21. The summed E-state index contributed by atoms with van der Waals surface area (Å²) in [7, 11) is 0. The van der Waals surface area contributed by atoms with Crippen LogP contribution in [-0.2, 0) is 6.54 Å². The van der Waals surface area contributed by atoms with Gasteiger partial charge in [0.05, 0.1) is 17.5 Å². The summed E-state index contributed by atoms with van der Waals surface area (Å²) in [6, 6.07) is 9.28. The molecule has 9 heteroatoms. The van der Waals surface area contributed by atoms with Gasteiger partial charge in [0, 0.05) is 12.1 Å². The van der Waals surface area contributed by atoms with Gasteiger partial charge in [-0.1, -0.05) is 19.9 Å². The van der Waals surface area contributed by atoms with Crippen LogP contribution in [0.5, 0.6) is 0 Å². The first-order chi connectivity index (χ1) is 12.9. The van der Waals surface area contributed by atoms with E-state index in [-0.39, 0.29) is 35.3 Å². The fourth-order valence-corrected chi connectivity index (χ4v) is 3.15. The van der Waals surface area contributed by atoms with Crippen molar-refractivity contribution in [3.05, 3.63) is 68.2 Å². The highest BCUT2D eigenvalue weighted by atomic mass is 32.1. The Morgan fingerprint density at radius 3 is 2.67 bits per heavy atom. The van der Waals surface area contributed by atoms with Crippen LogP contribution in [0.3, 0.4) is 0 Å². The third-order valence-corrected chi connectivity index (χ3v) is 4.94. The minimum Gasteiger partial charge on any atom is -0.346 e. The van der Waals surface area contributed by atoms with Crippen molar-refractivity contribution in [2.45, 2.75) is 26.4 Å².